The number of ether oxygens (including phenoxy) is 1. The van der Waals surface area contributed by atoms with E-state index in [1.54, 1.807) is 6.07 Å². The Hall–Kier alpha value is -1.69. The largest absolute Gasteiger partial charge is 0.573 e. The third-order valence-electron chi connectivity index (χ3n) is 4.79. The van der Waals surface area contributed by atoms with Crippen LogP contribution in [0.1, 0.15) is 24.1 Å². The minimum atomic E-state index is -4.65. The molecule has 0 spiro atoms. The predicted molar refractivity (Wildman–Crippen MR) is 77.0 cm³/mol. The molecule has 0 amide bonds. The Morgan fingerprint density at radius 1 is 1.23 bits per heavy atom. The minimum Gasteiger partial charge on any atom is -0.406 e. The summed E-state index contributed by atoms with van der Waals surface area (Å²) >= 11 is 0. The molecule has 0 unspecified atom stereocenters. The molecule has 1 fully saturated rings. The first-order valence-electron chi connectivity index (χ1n) is 7.63. The van der Waals surface area contributed by atoms with Gasteiger partial charge in [0.15, 0.2) is 0 Å². The van der Waals surface area contributed by atoms with Crippen LogP contribution in [0.2, 0.25) is 0 Å². The number of alkyl halides is 3. The zero-order valence-corrected chi connectivity index (χ0v) is 12.0. The van der Waals surface area contributed by atoms with Crippen LogP contribution >= 0.6 is 0 Å². The number of benzene rings is 1. The second-order valence-electron chi connectivity index (χ2n) is 6.12. The lowest BCUT2D eigenvalue weighted by molar-refractivity contribution is -0.274. The molecule has 1 aromatic carbocycles. The summed E-state index contributed by atoms with van der Waals surface area (Å²) in [6.45, 7) is 2.20. The number of aromatic nitrogens is 1. The van der Waals surface area contributed by atoms with Crippen molar-refractivity contribution >= 4 is 10.9 Å². The van der Waals surface area contributed by atoms with Crippen molar-refractivity contribution in [2.45, 2.75) is 38.1 Å². The Bertz CT molecular complexity index is 707. The van der Waals surface area contributed by atoms with Crippen LogP contribution in [0.25, 0.3) is 10.9 Å². The van der Waals surface area contributed by atoms with Gasteiger partial charge in [-0.15, -0.1) is 13.2 Å². The maximum Gasteiger partial charge on any atom is 0.573 e. The summed E-state index contributed by atoms with van der Waals surface area (Å²) in [7, 11) is 0. The van der Waals surface area contributed by atoms with Gasteiger partial charge in [0.25, 0.3) is 0 Å². The maximum atomic E-state index is 12.3. The van der Waals surface area contributed by atoms with Gasteiger partial charge in [-0.05, 0) is 43.5 Å². The number of nitrogens with one attached hydrogen (secondary N) is 1. The van der Waals surface area contributed by atoms with Crippen molar-refractivity contribution < 1.29 is 17.9 Å². The molecule has 1 aromatic heterocycles. The van der Waals surface area contributed by atoms with Gasteiger partial charge in [-0.25, -0.2) is 0 Å². The molecule has 0 aliphatic carbocycles. The fraction of sp³-hybridized carbons (Fsp3) is 0.500. The summed E-state index contributed by atoms with van der Waals surface area (Å²) in [6.07, 6.45) is -0.298. The lowest BCUT2D eigenvalue weighted by Gasteiger charge is -2.20. The van der Waals surface area contributed by atoms with Gasteiger partial charge in [0.05, 0.1) is 0 Å². The van der Waals surface area contributed by atoms with Gasteiger partial charge < -0.3 is 9.72 Å². The van der Waals surface area contributed by atoms with Crippen LogP contribution in [-0.2, 0) is 12.8 Å². The summed E-state index contributed by atoms with van der Waals surface area (Å²) in [6, 6.07) is 5.15. The van der Waals surface area contributed by atoms with Crippen LogP contribution in [-0.4, -0.2) is 35.4 Å². The van der Waals surface area contributed by atoms with Gasteiger partial charge in [0.1, 0.15) is 5.75 Å². The monoisotopic (exact) mass is 310 g/mol. The van der Waals surface area contributed by atoms with Crippen molar-refractivity contribution in [3.8, 4) is 5.75 Å². The van der Waals surface area contributed by atoms with Crippen molar-refractivity contribution in [1.29, 1.82) is 0 Å². The highest BCUT2D eigenvalue weighted by Crippen LogP contribution is 2.33. The number of nitrogens with zero attached hydrogens (tertiary/aromatic N) is 1. The molecule has 0 saturated carbocycles. The second kappa shape index (κ2) is 4.91. The van der Waals surface area contributed by atoms with E-state index < -0.39 is 6.36 Å². The Labute approximate surface area is 126 Å². The Balaban J connectivity index is 1.70. The Kier molecular flexibility index (Phi) is 3.11. The van der Waals surface area contributed by atoms with Gasteiger partial charge in [-0.1, -0.05) is 0 Å². The Morgan fingerprint density at radius 2 is 2.09 bits per heavy atom. The lowest BCUT2D eigenvalue weighted by Crippen LogP contribution is -2.30. The summed E-state index contributed by atoms with van der Waals surface area (Å²) in [5.41, 5.74) is 3.16. The fourth-order valence-corrected chi connectivity index (χ4v) is 3.86. The molecule has 0 bridgehead atoms. The van der Waals surface area contributed by atoms with Crippen molar-refractivity contribution in [2.75, 3.05) is 13.1 Å². The molecule has 3 heterocycles. The molecule has 0 radical (unpaired) electrons. The van der Waals surface area contributed by atoms with E-state index in [0.29, 0.717) is 6.04 Å². The molecular formula is C16H17F3N2O. The molecule has 6 heteroatoms. The second-order valence-corrected chi connectivity index (χ2v) is 6.12. The van der Waals surface area contributed by atoms with Crippen LogP contribution in [0.3, 0.4) is 0 Å². The normalized spacial score (nSPS) is 22.4. The quantitative estimate of drug-likeness (QED) is 0.871. The minimum absolute atomic E-state index is 0.168. The number of aromatic amines is 1. The van der Waals surface area contributed by atoms with Crippen LogP contribution in [0.5, 0.6) is 5.75 Å². The van der Waals surface area contributed by atoms with Crippen LogP contribution in [0.4, 0.5) is 13.2 Å². The van der Waals surface area contributed by atoms with Gasteiger partial charge in [-0.3, -0.25) is 4.90 Å². The van der Waals surface area contributed by atoms with E-state index in [0.717, 1.165) is 36.8 Å². The SMILES string of the molecule is FC(F)(F)Oc1ccc2c3c([nH]c2c1)C[C@@H]1CCCN1CC3. The van der Waals surface area contributed by atoms with E-state index in [4.69, 9.17) is 0 Å². The third-order valence-corrected chi connectivity index (χ3v) is 4.79. The molecule has 118 valence electrons. The number of hydrogen-bond donors (Lipinski definition) is 1. The van der Waals surface area contributed by atoms with Crippen molar-refractivity contribution in [1.82, 2.24) is 9.88 Å². The highest BCUT2D eigenvalue weighted by molar-refractivity contribution is 5.86. The molecular weight excluding hydrogens is 293 g/mol. The predicted octanol–water partition coefficient (Wildman–Crippen LogP) is 3.63. The molecule has 2 aromatic rings. The standard InChI is InChI=1S/C16H17F3N2O/c17-16(18,19)22-11-3-4-12-13-5-7-21-6-1-2-10(21)8-14(13)20-15(12)9-11/h3-4,9-10,20H,1-2,5-8H2/t10-/m0/s1. The lowest BCUT2D eigenvalue weighted by atomic mass is 10.0. The highest BCUT2D eigenvalue weighted by atomic mass is 19.4. The first-order valence-corrected chi connectivity index (χ1v) is 7.63. The van der Waals surface area contributed by atoms with Crippen LogP contribution in [0, 0.1) is 0 Å². The number of H-pyrrole nitrogens is 1. The van der Waals surface area contributed by atoms with Crippen molar-refractivity contribution in [3.63, 3.8) is 0 Å². The van der Waals surface area contributed by atoms with Crippen LogP contribution < -0.4 is 4.74 Å². The molecule has 22 heavy (non-hydrogen) atoms. The number of halogens is 3. The number of hydrogen-bond acceptors (Lipinski definition) is 2. The Morgan fingerprint density at radius 3 is 2.91 bits per heavy atom. The van der Waals surface area contributed by atoms with Crippen molar-refractivity contribution in [2.24, 2.45) is 0 Å². The molecule has 4 rings (SSSR count). The fourth-order valence-electron chi connectivity index (χ4n) is 3.86. The van der Waals surface area contributed by atoms with E-state index in [9.17, 15) is 13.2 Å². The summed E-state index contributed by atoms with van der Waals surface area (Å²) in [5, 5.41) is 1.02. The molecule has 2 aliphatic rings. The van der Waals surface area contributed by atoms with Crippen molar-refractivity contribution in [3.05, 3.63) is 29.5 Å². The molecule has 2 aliphatic heterocycles. The van der Waals surface area contributed by atoms with E-state index in [1.165, 1.54) is 36.2 Å². The van der Waals surface area contributed by atoms with E-state index in [1.807, 2.05) is 0 Å². The summed E-state index contributed by atoms with van der Waals surface area (Å²) < 4.78 is 41.0. The summed E-state index contributed by atoms with van der Waals surface area (Å²) in [5.74, 6) is -0.168. The molecule has 1 atom stereocenters. The molecule has 1 N–H and O–H groups in total. The first-order chi connectivity index (χ1) is 10.5. The van der Waals surface area contributed by atoms with E-state index in [-0.39, 0.29) is 5.75 Å². The topological polar surface area (TPSA) is 28.3 Å². The maximum absolute atomic E-state index is 12.3. The first kappa shape index (κ1) is 13.9. The number of rotatable bonds is 1. The van der Waals surface area contributed by atoms with Crippen LogP contribution in [0.15, 0.2) is 18.2 Å². The zero-order chi connectivity index (χ0) is 15.3. The highest BCUT2D eigenvalue weighted by Gasteiger charge is 2.32. The van der Waals surface area contributed by atoms with Gasteiger partial charge in [0, 0.05) is 41.7 Å². The average Bonchev–Trinajstić information content (AvgIpc) is 2.96. The van der Waals surface area contributed by atoms with E-state index >= 15 is 0 Å². The van der Waals surface area contributed by atoms with Gasteiger partial charge >= 0.3 is 6.36 Å². The molecule has 1 saturated heterocycles. The number of fused-ring (bicyclic) bond motifs is 4. The van der Waals surface area contributed by atoms with Gasteiger partial charge in [-0.2, -0.15) is 0 Å². The zero-order valence-electron chi connectivity index (χ0n) is 12.0. The third kappa shape index (κ3) is 2.45. The smallest absolute Gasteiger partial charge is 0.406 e. The van der Waals surface area contributed by atoms with Gasteiger partial charge in [0.2, 0.25) is 0 Å². The average molecular weight is 310 g/mol. The van der Waals surface area contributed by atoms with E-state index in [2.05, 4.69) is 14.6 Å². The molecule has 3 nitrogen and oxygen atoms in total. The summed E-state index contributed by atoms with van der Waals surface area (Å²) in [4.78, 5) is 5.85.